The maximum atomic E-state index is 6.33. The second-order valence-electron chi connectivity index (χ2n) is 13.0. The number of hydrogen-bond acceptors (Lipinski definition) is 3. The van der Waals surface area contributed by atoms with Gasteiger partial charge in [0.15, 0.2) is 5.82 Å². The fourth-order valence-corrected chi connectivity index (χ4v) is 7.77. The number of furan rings is 1. The van der Waals surface area contributed by atoms with Crippen LogP contribution >= 0.6 is 0 Å². The van der Waals surface area contributed by atoms with Crippen LogP contribution in [0.15, 0.2) is 144 Å². The van der Waals surface area contributed by atoms with Crippen molar-refractivity contribution in [2.75, 3.05) is 0 Å². The summed E-state index contributed by atoms with van der Waals surface area (Å²) in [5.41, 5.74) is 12.5. The molecule has 0 saturated heterocycles. The minimum absolute atomic E-state index is 0.275. The minimum Gasteiger partial charge on any atom is -0.456 e. The van der Waals surface area contributed by atoms with E-state index in [4.69, 9.17) is 14.4 Å². The lowest BCUT2D eigenvalue weighted by atomic mass is 9.85. The molecule has 0 spiro atoms. The van der Waals surface area contributed by atoms with Crippen molar-refractivity contribution in [3.63, 3.8) is 0 Å². The van der Waals surface area contributed by atoms with Crippen LogP contribution in [0.1, 0.15) is 25.1 Å². The molecular formula is C43H29N3O. The van der Waals surface area contributed by atoms with Gasteiger partial charge in [0, 0.05) is 43.7 Å². The molecule has 10 rings (SSSR count). The van der Waals surface area contributed by atoms with E-state index in [0.29, 0.717) is 0 Å². The van der Waals surface area contributed by atoms with Gasteiger partial charge in [-0.1, -0.05) is 117 Å². The molecule has 0 atom stereocenters. The summed E-state index contributed by atoms with van der Waals surface area (Å²) in [6.07, 6.45) is 0. The van der Waals surface area contributed by atoms with Crippen LogP contribution in [0.3, 0.4) is 0 Å². The Hall–Kier alpha value is -6.00. The molecule has 0 fully saturated rings. The van der Waals surface area contributed by atoms with Crippen LogP contribution < -0.4 is 0 Å². The molecule has 0 amide bonds. The Labute approximate surface area is 271 Å². The van der Waals surface area contributed by atoms with Gasteiger partial charge in [0.25, 0.3) is 0 Å². The Morgan fingerprint density at radius 3 is 2.13 bits per heavy atom. The van der Waals surface area contributed by atoms with Crippen molar-refractivity contribution in [1.82, 2.24) is 14.5 Å². The zero-order valence-electron chi connectivity index (χ0n) is 26.0. The summed E-state index contributed by atoms with van der Waals surface area (Å²) in [6.45, 7) is 4.56. The lowest BCUT2D eigenvalue weighted by molar-refractivity contribution is 0.636. The SMILES string of the molecule is CC1(C)c2ccccc2-c2c(-c3ccccc3)nc(-c3ccccc3-n3c4ccccc4c4cc5oc6ccccc6c5cc43)nc21. The van der Waals surface area contributed by atoms with Gasteiger partial charge in [-0.25, -0.2) is 9.97 Å². The molecule has 4 heteroatoms. The van der Waals surface area contributed by atoms with Crippen LogP contribution in [-0.4, -0.2) is 14.5 Å². The number of para-hydroxylation sites is 3. The van der Waals surface area contributed by atoms with Crippen molar-refractivity contribution in [3.8, 4) is 39.5 Å². The molecule has 9 aromatic rings. The molecule has 0 unspecified atom stereocenters. The number of aromatic nitrogens is 3. The number of nitrogens with zero attached hydrogens (tertiary/aromatic N) is 3. The number of fused-ring (bicyclic) bond motifs is 9. The van der Waals surface area contributed by atoms with E-state index in [0.717, 1.165) is 77.9 Å². The van der Waals surface area contributed by atoms with E-state index >= 15 is 0 Å². The second-order valence-corrected chi connectivity index (χ2v) is 13.0. The van der Waals surface area contributed by atoms with Crippen molar-refractivity contribution in [2.24, 2.45) is 0 Å². The molecule has 6 aromatic carbocycles. The van der Waals surface area contributed by atoms with Crippen LogP contribution in [0.2, 0.25) is 0 Å². The maximum absolute atomic E-state index is 6.33. The smallest absolute Gasteiger partial charge is 0.162 e. The summed E-state index contributed by atoms with van der Waals surface area (Å²) >= 11 is 0. The van der Waals surface area contributed by atoms with Crippen molar-refractivity contribution in [3.05, 3.63) is 151 Å². The van der Waals surface area contributed by atoms with E-state index in [1.165, 1.54) is 16.5 Å². The van der Waals surface area contributed by atoms with Gasteiger partial charge in [-0.2, -0.15) is 0 Å². The topological polar surface area (TPSA) is 43.9 Å². The first kappa shape index (κ1) is 26.2. The van der Waals surface area contributed by atoms with E-state index in [9.17, 15) is 0 Å². The van der Waals surface area contributed by atoms with Gasteiger partial charge in [-0.3, -0.25) is 0 Å². The number of rotatable bonds is 3. The Kier molecular flexibility index (Phi) is 5.31. The molecule has 1 aliphatic rings. The van der Waals surface area contributed by atoms with E-state index in [2.05, 4.69) is 146 Å². The first-order valence-corrected chi connectivity index (χ1v) is 16.1. The van der Waals surface area contributed by atoms with Gasteiger partial charge in [0.05, 0.1) is 28.1 Å². The average Bonchev–Trinajstić information content (AvgIpc) is 3.72. The predicted molar refractivity (Wildman–Crippen MR) is 192 cm³/mol. The Bertz CT molecular complexity index is 2710. The van der Waals surface area contributed by atoms with E-state index < -0.39 is 0 Å². The molecule has 4 nitrogen and oxygen atoms in total. The molecule has 0 radical (unpaired) electrons. The summed E-state index contributed by atoms with van der Waals surface area (Å²) in [4.78, 5) is 10.9. The molecule has 0 aliphatic heterocycles. The summed E-state index contributed by atoms with van der Waals surface area (Å²) in [6, 6.07) is 49.1. The normalized spacial score (nSPS) is 13.5. The summed E-state index contributed by atoms with van der Waals surface area (Å²) in [5.74, 6) is 0.722. The van der Waals surface area contributed by atoms with Crippen LogP contribution in [0, 0.1) is 0 Å². The molecule has 0 N–H and O–H groups in total. The summed E-state index contributed by atoms with van der Waals surface area (Å²) in [5, 5.41) is 4.55. The average molecular weight is 604 g/mol. The van der Waals surface area contributed by atoms with Crippen molar-refractivity contribution < 1.29 is 4.42 Å². The highest BCUT2D eigenvalue weighted by Gasteiger charge is 2.39. The predicted octanol–water partition coefficient (Wildman–Crippen LogP) is 11.1. The summed E-state index contributed by atoms with van der Waals surface area (Å²) < 4.78 is 8.71. The van der Waals surface area contributed by atoms with E-state index in [-0.39, 0.29) is 5.41 Å². The third-order valence-corrected chi connectivity index (χ3v) is 9.97. The van der Waals surface area contributed by atoms with Gasteiger partial charge >= 0.3 is 0 Å². The number of benzene rings is 6. The Balaban J connectivity index is 1.29. The lowest BCUT2D eigenvalue weighted by Crippen LogP contribution is -2.17. The molecule has 1 aliphatic carbocycles. The highest BCUT2D eigenvalue weighted by atomic mass is 16.3. The van der Waals surface area contributed by atoms with Crippen LogP contribution in [0.4, 0.5) is 0 Å². The highest BCUT2D eigenvalue weighted by molar-refractivity contribution is 6.17. The van der Waals surface area contributed by atoms with E-state index in [1.807, 2.05) is 12.1 Å². The van der Waals surface area contributed by atoms with E-state index in [1.54, 1.807) is 0 Å². The first-order chi connectivity index (χ1) is 23.1. The van der Waals surface area contributed by atoms with Gasteiger partial charge in [0.2, 0.25) is 0 Å². The van der Waals surface area contributed by atoms with Crippen molar-refractivity contribution >= 4 is 43.7 Å². The van der Waals surface area contributed by atoms with Gasteiger partial charge in [-0.05, 0) is 47.5 Å². The maximum Gasteiger partial charge on any atom is 0.162 e. The van der Waals surface area contributed by atoms with Gasteiger partial charge in [-0.15, -0.1) is 0 Å². The second kappa shape index (κ2) is 9.51. The van der Waals surface area contributed by atoms with Gasteiger partial charge < -0.3 is 8.98 Å². The molecule has 0 bridgehead atoms. The molecular weight excluding hydrogens is 574 g/mol. The molecule has 3 heterocycles. The first-order valence-electron chi connectivity index (χ1n) is 16.1. The van der Waals surface area contributed by atoms with Crippen LogP contribution in [0.25, 0.3) is 83.2 Å². The molecule has 3 aromatic heterocycles. The Morgan fingerprint density at radius 1 is 0.553 bits per heavy atom. The fraction of sp³-hybridized carbons (Fsp3) is 0.0698. The molecule has 0 saturated carbocycles. The lowest BCUT2D eigenvalue weighted by Gasteiger charge is -2.21. The molecule has 47 heavy (non-hydrogen) atoms. The third kappa shape index (κ3) is 3.64. The van der Waals surface area contributed by atoms with Crippen molar-refractivity contribution in [1.29, 1.82) is 0 Å². The standard InChI is InChI=1S/C43H29N3O/c1-43(2)33-20-10-6-18-29(33)39-40(26-14-4-3-5-15-26)44-42(45-41(39)43)30-19-8-12-22-35(30)46-34-21-11-7-16-27(34)31-25-38-32(24-36(31)46)28-17-9-13-23-37(28)47-38/h3-25H,1-2H3. The van der Waals surface area contributed by atoms with Crippen LogP contribution in [-0.2, 0) is 5.41 Å². The third-order valence-electron chi connectivity index (χ3n) is 9.97. The molecule has 222 valence electrons. The quantitative estimate of drug-likeness (QED) is 0.202. The van der Waals surface area contributed by atoms with Crippen LogP contribution in [0.5, 0.6) is 0 Å². The number of hydrogen-bond donors (Lipinski definition) is 0. The minimum atomic E-state index is -0.275. The summed E-state index contributed by atoms with van der Waals surface area (Å²) in [7, 11) is 0. The monoisotopic (exact) mass is 603 g/mol. The largest absolute Gasteiger partial charge is 0.456 e. The zero-order valence-corrected chi connectivity index (χ0v) is 26.0. The Morgan fingerprint density at radius 2 is 1.26 bits per heavy atom. The highest BCUT2D eigenvalue weighted by Crippen LogP contribution is 2.51. The van der Waals surface area contributed by atoms with Crippen molar-refractivity contribution in [2.45, 2.75) is 19.3 Å². The zero-order chi connectivity index (χ0) is 31.3. The van der Waals surface area contributed by atoms with Gasteiger partial charge in [0.1, 0.15) is 11.2 Å². The fourth-order valence-electron chi connectivity index (χ4n) is 7.77.